The summed E-state index contributed by atoms with van der Waals surface area (Å²) < 4.78 is 0. The first-order valence-corrected chi connectivity index (χ1v) is 6.36. The van der Waals surface area contributed by atoms with E-state index in [0.29, 0.717) is 11.4 Å². The Kier molecular flexibility index (Phi) is 4.39. The Labute approximate surface area is 125 Å². The Morgan fingerprint density at radius 1 is 1.14 bits per heavy atom. The zero-order valence-electron chi connectivity index (χ0n) is 11.1. The van der Waals surface area contributed by atoms with Gasteiger partial charge in [-0.1, -0.05) is 11.6 Å². The highest BCUT2D eigenvalue weighted by atomic mass is 35.5. The molecule has 21 heavy (non-hydrogen) atoms. The van der Waals surface area contributed by atoms with Crippen LogP contribution in [-0.4, -0.2) is 22.1 Å². The second-order valence-corrected chi connectivity index (χ2v) is 4.74. The number of carboxylic acid groups (broad SMARTS) is 1. The number of hydrogen-bond acceptors (Lipinski definition) is 3. The molecule has 7 heteroatoms. The Bertz CT molecular complexity index is 704. The molecule has 0 aliphatic heterocycles. The molecule has 0 saturated carbocycles. The third kappa shape index (κ3) is 3.93. The quantitative estimate of drug-likeness (QED) is 0.810. The molecule has 1 aromatic carbocycles. The molecule has 1 heterocycles. The summed E-state index contributed by atoms with van der Waals surface area (Å²) in [5.41, 5.74) is 1.84. The van der Waals surface area contributed by atoms with E-state index >= 15 is 0 Å². The summed E-state index contributed by atoms with van der Waals surface area (Å²) in [7, 11) is 0. The van der Waals surface area contributed by atoms with Crippen LogP contribution in [0.5, 0.6) is 0 Å². The highest BCUT2D eigenvalue weighted by Crippen LogP contribution is 2.21. The molecule has 0 saturated heterocycles. The van der Waals surface area contributed by atoms with Crippen molar-refractivity contribution in [2.24, 2.45) is 0 Å². The largest absolute Gasteiger partial charge is 0.478 e. The maximum Gasteiger partial charge on any atom is 0.337 e. The Morgan fingerprint density at radius 2 is 1.86 bits per heavy atom. The summed E-state index contributed by atoms with van der Waals surface area (Å²) in [5.74, 6) is -1.12. The highest BCUT2D eigenvalue weighted by Gasteiger charge is 2.10. The molecule has 0 aliphatic rings. The van der Waals surface area contributed by atoms with E-state index in [1.54, 1.807) is 12.3 Å². The van der Waals surface area contributed by atoms with Crippen molar-refractivity contribution < 1.29 is 14.7 Å². The first-order chi connectivity index (χ1) is 9.95. The van der Waals surface area contributed by atoms with Crippen LogP contribution >= 0.6 is 11.6 Å². The first-order valence-electron chi connectivity index (χ1n) is 5.98. The molecule has 0 atom stereocenters. The van der Waals surface area contributed by atoms with Gasteiger partial charge in [-0.05, 0) is 36.8 Å². The molecule has 0 radical (unpaired) electrons. The molecular weight excluding hydrogens is 294 g/mol. The fourth-order valence-corrected chi connectivity index (χ4v) is 1.94. The van der Waals surface area contributed by atoms with Gasteiger partial charge in [0.25, 0.3) is 0 Å². The number of pyridine rings is 1. The third-order valence-electron chi connectivity index (χ3n) is 2.59. The summed E-state index contributed by atoms with van der Waals surface area (Å²) in [6.45, 7) is 1.86. The number of urea groups is 1. The van der Waals surface area contributed by atoms with Crippen molar-refractivity contribution in [3.8, 4) is 0 Å². The zero-order valence-corrected chi connectivity index (χ0v) is 11.8. The number of hydrogen-bond donors (Lipinski definition) is 3. The number of carboxylic acids is 1. The summed E-state index contributed by atoms with van der Waals surface area (Å²) >= 11 is 5.83. The van der Waals surface area contributed by atoms with E-state index in [9.17, 15) is 9.59 Å². The lowest BCUT2D eigenvalue weighted by atomic mass is 10.2. The number of halogens is 1. The van der Waals surface area contributed by atoms with Crippen molar-refractivity contribution in [1.82, 2.24) is 4.98 Å². The summed E-state index contributed by atoms with van der Waals surface area (Å²) in [4.78, 5) is 26.6. The predicted molar refractivity (Wildman–Crippen MR) is 80.0 cm³/mol. The van der Waals surface area contributed by atoms with Crippen molar-refractivity contribution in [2.45, 2.75) is 6.92 Å². The van der Waals surface area contributed by atoms with Gasteiger partial charge >= 0.3 is 12.0 Å². The van der Waals surface area contributed by atoms with Crippen LogP contribution in [0.1, 0.15) is 15.9 Å². The number of aryl methyl sites for hydroxylation is 1. The van der Waals surface area contributed by atoms with Crippen LogP contribution < -0.4 is 10.6 Å². The number of carbonyl (C=O) groups excluding carboxylic acids is 1. The van der Waals surface area contributed by atoms with Gasteiger partial charge in [-0.2, -0.15) is 0 Å². The van der Waals surface area contributed by atoms with Crippen molar-refractivity contribution in [3.63, 3.8) is 0 Å². The molecular formula is C14H12ClN3O3. The number of carbonyl (C=O) groups is 2. The number of aromatic carboxylic acids is 1. The van der Waals surface area contributed by atoms with Gasteiger partial charge in [0.15, 0.2) is 0 Å². The Hall–Kier alpha value is -2.60. The van der Waals surface area contributed by atoms with Gasteiger partial charge in [0.1, 0.15) is 0 Å². The van der Waals surface area contributed by atoms with Crippen molar-refractivity contribution >= 4 is 35.0 Å². The normalized spacial score (nSPS) is 10.0. The molecule has 3 N–H and O–H groups in total. The molecule has 0 unspecified atom stereocenters. The molecule has 0 spiro atoms. The maximum absolute atomic E-state index is 11.8. The lowest BCUT2D eigenvalue weighted by molar-refractivity contribution is 0.0697. The topological polar surface area (TPSA) is 91.3 Å². The van der Waals surface area contributed by atoms with Gasteiger partial charge in [0.05, 0.1) is 22.5 Å². The number of aromatic nitrogens is 1. The molecule has 2 rings (SSSR count). The van der Waals surface area contributed by atoms with Crippen LogP contribution in [0.3, 0.4) is 0 Å². The van der Waals surface area contributed by atoms with Crippen LogP contribution in [0.2, 0.25) is 5.02 Å². The SMILES string of the molecule is Cc1cncc(NC(=O)Nc2ccc(C(=O)O)c(Cl)c2)c1. The van der Waals surface area contributed by atoms with Gasteiger partial charge in [0.2, 0.25) is 0 Å². The van der Waals surface area contributed by atoms with Gasteiger partial charge < -0.3 is 15.7 Å². The van der Waals surface area contributed by atoms with E-state index in [1.807, 2.05) is 6.92 Å². The van der Waals surface area contributed by atoms with Crippen LogP contribution in [-0.2, 0) is 0 Å². The predicted octanol–water partition coefficient (Wildman–Crippen LogP) is 3.39. The monoisotopic (exact) mass is 305 g/mol. The van der Waals surface area contributed by atoms with E-state index in [0.717, 1.165) is 5.56 Å². The fraction of sp³-hybridized carbons (Fsp3) is 0.0714. The molecule has 2 aromatic rings. The van der Waals surface area contributed by atoms with Crippen LogP contribution in [0.4, 0.5) is 16.2 Å². The number of nitrogens with zero attached hydrogens (tertiary/aromatic N) is 1. The fourth-order valence-electron chi connectivity index (χ4n) is 1.68. The molecule has 108 valence electrons. The second kappa shape index (κ2) is 6.23. The molecule has 2 amide bonds. The lowest BCUT2D eigenvalue weighted by Gasteiger charge is -2.09. The van der Waals surface area contributed by atoms with E-state index in [4.69, 9.17) is 16.7 Å². The Balaban J connectivity index is 2.06. The number of rotatable bonds is 3. The van der Waals surface area contributed by atoms with Crippen molar-refractivity contribution in [1.29, 1.82) is 0 Å². The molecule has 0 bridgehead atoms. The van der Waals surface area contributed by atoms with Crippen LogP contribution in [0, 0.1) is 6.92 Å². The summed E-state index contributed by atoms with van der Waals surface area (Å²) in [5, 5.41) is 14.1. The molecule has 0 aliphatic carbocycles. The highest BCUT2D eigenvalue weighted by molar-refractivity contribution is 6.33. The van der Waals surface area contributed by atoms with Gasteiger partial charge in [0, 0.05) is 11.9 Å². The maximum atomic E-state index is 11.8. The minimum atomic E-state index is -1.12. The number of benzene rings is 1. The summed E-state index contributed by atoms with van der Waals surface area (Å²) in [6.07, 6.45) is 3.20. The number of amides is 2. The molecule has 1 aromatic heterocycles. The van der Waals surface area contributed by atoms with E-state index in [2.05, 4.69) is 15.6 Å². The number of nitrogens with one attached hydrogen (secondary N) is 2. The third-order valence-corrected chi connectivity index (χ3v) is 2.90. The zero-order chi connectivity index (χ0) is 15.4. The second-order valence-electron chi connectivity index (χ2n) is 4.33. The summed E-state index contributed by atoms with van der Waals surface area (Å²) in [6, 6.07) is 5.46. The van der Waals surface area contributed by atoms with Gasteiger partial charge in [-0.3, -0.25) is 4.98 Å². The van der Waals surface area contributed by atoms with Gasteiger partial charge in [-0.25, -0.2) is 9.59 Å². The van der Waals surface area contributed by atoms with Crippen molar-refractivity contribution in [2.75, 3.05) is 10.6 Å². The smallest absolute Gasteiger partial charge is 0.337 e. The molecule has 0 fully saturated rings. The van der Waals surface area contributed by atoms with Gasteiger partial charge in [-0.15, -0.1) is 0 Å². The molecule has 6 nitrogen and oxygen atoms in total. The average molecular weight is 306 g/mol. The van der Waals surface area contributed by atoms with E-state index in [-0.39, 0.29) is 10.6 Å². The van der Waals surface area contributed by atoms with Crippen LogP contribution in [0.15, 0.2) is 36.7 Å². The number of anilines is 2. The van der Waals surface area contributed by atoms with Crippen molar-refractivity contribution in [3.05, 3.63) is 52.8 Å². The first kappa shape index (κ1) is 14.8. The van der Waals surface area contributed by atoms with Crippen LogP contribution in [0.25, 0.3) is 0 Å². The van der Waals surface area contributed by atoms with E-state index in [1.165, 1.54) is 24.4 Å². The minimum absolute atomic E-state index is 0.0227. The lowest BCUT2D eigenvalue weighted by Crippen LogP contribution is -2.19. The minimum Gasteiger partial charge on any atom is -0.478 e. The van der Waals surface area contributed by atoms with E-state index < -0.39 is 12.0 Å². The Morgan fingerprint density at radius 3 is 2.48 bits per heavy atom. The average Bonchev–Trinajstić information content (AvgIpc) is 2.38. The standard InChI is InChI=1S/C14H12ClN3O3/c1-8-4-10(7-16-6-8)18-14(21)17-9-2-3-11(13(19)20)12(15)5-9/h2-7H,1H3,(H,19,20)(H2,17,18,21).